The van der Waals surface area contributed by atoms with Crippen molar-refractivity contribution in [3.05, 3.63) is 41.2 Å². The fraction of sp³-hybridized carbons (Fsp3) is 0.444. The van der Waals surface area contributed by atoms with Gasteiger partial charge in [0.15, 0.2) is 0 Å². The minimum Gasteiger partial charge on any atom is -0.426 e. The monoisotopic (exact) mass is 298 g/mol. The summed E-state index contributed by atoms with van der Waals surface area (Å²) in [6.07, 6.45) is 4.26. The van der Waals surface area contributed by atoms with E-state index in [-0.39, 0.29) is 11.9 Å². The fourth-order valence-electron chi connectivity index (χ4n) is 2.51. The Morgan fingerprint density at radius 2 is 2.05 bits per heavy atom. The van der Waals surface area contributed by atoms with Gasteiger partial charge in [0.25, 0.3) is 0 Å². The Labute approximate surface area is 130 Å². The van der Waals surface area contributed by atoms with Gasteiger partial charge >= 0.3 is 5.97 Å². The lowest BCUT2D eigenvalue weighted by atomic mass is 10.1. The average molecular weight is 298 g/mol. The maximum Gasteiger partial charge on any atom is 0.313 e. The summed E-state index contributed by atoms with van der Waals surface area (Å²) >= 11 is 0. The van der Waals surface area contributed by atoms with Gasteiger partial charge in [0.1, 0.15) is 5.76 Å². The van der Waals surface area contributed by atoms with E-state index in [1.807, 2.05) is 56.6 Å². The Morgan fingerprint density at radius 3 is 2.64 bits per heavy atom. The van der Waals surface area contributed by atoms with Crippen LogP contribution >= 0.6 is 0 Å². The highest BCUT2D eigenvalue weighted by Crippen LogP contribution is 2.44. The van der Waals surface area contributed by atoms with Crippen LogP contribution in [0.3, 0.4) is 0 Å². The molecule has 2 aromatic heterocycles. The van der Waals surface area contributed by atoms with Crippen molar-refractivity contribution in [2.24, 2.45) is 5.92 Å². The number of carbonyl (C=O) groups is 1. The summed E-state index contributed by atoms with van der Waals surface area (Å²) in [6, 6.07) is 5.98. The highest BCUT2D eigenvalue weighted by molar-refractivity contribution is 5.86. The standard InChI is InChI=1S/C18H22N2O2/c1-11(2)17(22-18(21)12(3)4)15-14-7-5-6-10-20(14)19-16(15)13-8-9-13/h5-7,10,12-13H,8-9H2,1-4H3. The van der Waals surface area contributed by atoms with Crippen LogP contribution in [0.1, 0.15) is 57.7 Å². The highest BCUT2D eigenvalue weighted by Gasteiger charge is 2.33. The van der Waals surface area contributed by atoms with Crippen molar-refractivity contribution < 1.29 is 9.53 Å². The van der Waals surface area contributed by atoms with E-state index in [0.29, 0.717) is 11.7 Å². The summed E-state index contributed by atoms with van der Waals surface area (Å²) < 4.78 is 7.62. The molecule has 0 aromatic carbocycles. The first-order chi connectivity index (χ1) is 10.5. The number of esters is 1. The minimum atomic E-state index is -0.201. The molecule has 2 aromatic rings. The van der Waals surface area contributed by atoms with Crippen LogP contribution in [0.2, 0.25) is 0 Å². The van der Waals surface area contributed by atoms with E-state index < -0.39 is 0 Å². The Balaban J connectivity index is 2.15. The summed E-state index contributed by atoms with van der Waals surface area (Å²) in [6.45, 7) is 7.66. The van der Waals surface area contributed by atoms with Gasteiger partial charge in [0.05, 0.1) is 22.7 Å². The average Bonchev–Trinajstić information content (AvgIpc) is 3.25. The summed E-state index contributed by atoms with van der Waals surface area (Å²) in [5.41, 5.74) is 4.03. The molecular formula is C18H22N2O2. The van der Waals surface area contributed by atoms with E-state index in [2.05, 4.69) is 0 Å². The third kappa shape index (κ3) is 2.65. The van der Waals surface area contributed by atoms with Crippen molar-refractivity contribution in [3.8, 4) is 0 Å². The quantitative estimate of drug-likeness (QED) is 0.629. The van der Waals surface area contributed by atoms with E-state index in [1.165, 1.54) is 0 Å². The number of nitrogens with zero attached hydrogens (tertiary/aromatic N) is 2. The first kappa shape index (κ1) is 14.8. The van der Waals surface area contributed by atoms with Crippen molar-refractivity contribution in [1.29, 1.82) is 0 Å². The number of ether oxygens (including phenoxy) is 1. The molecule has 3 rings (SSSR count). The maximum atomic E-state index is 12.1. The second-order valence-corrected chi connectivity index (χ2v) is 6.47. The number of allylic oxidation sites excluding steroid dienone is 1. The summed E-state index contributed by atoms with van der Waals surface area (Å²) in [5.74, 6) is 0.803. The number of rotatable bonds is 4. The molecule has 0 saturated heterocycles. The van der Waals surface area contributed by atoms with Crippen LogP contribution in [0.4, 0.5) is 0 Å². The van der Waals surface area contributed by atoms with Gasteiger partial charge in [0.2, 0.25) is 0 Å². The predicted octanol–water partition coefficient (Wildman–Crippen LogP) is 4.16. The lowest BCUT2D eigenvalue weighted by Gasteiger charge is -2.13. The van der Waals surface area contributed by atoms with Crippen molar-refractivity contribution in [2.75, 3.05) is 0 Å². The molecule has 0 amide bonds. The predicted molar refractivity (Wildman–Crippen MR) is 86.4 cm³/mol. The lowest BCUT2D eigenvalue weighted by Crippen LogP contribution is -2.12. The molecule has 2 heterocycles. The molecule has 0 radical (unpaired) electrons. The van der Waals surface area contributed by atoms with Gasteiger partial charge in [-0.15, -0.1) is 0 Å². The van der Waals surface area contributed by atoms with Crippen molar-refractivity contribution in [3.63, 3.8) is 0 Å². The SMILES string of the molecule is CC(C)=C(OC(=O)C(C)C)c1c(C2CC2)nn2ccccc12. The molecule has 4 nitrogen and oxygen atoms in total. The molecule has 1 aliphatic carbocycles. The second kappa shape index (κ2) is 5.59. The smallest absolute Gasteiger partial charge is 0.313 e. The molecule has 1 aliphatic rings. The summed E-state index contributed by atoms with van der Waals surface area (Å²) in [7, 11) is 0. The van der Waals surface area contributed by atoms with Crippen molar-refractivity contribution in [1.82, 2.24) is 9.61 Å². The molecule has 0 bridgehead atoms. The van der Waals surface area contributed by atoms with Crippen LogP contribution in [0, 0.1) is 5.92 Å². The van der Waals surface area contributed by atoms with E-state index in [0.717, 1.165) is 35.2 Å². The molecule has 0 spiro atoms. The van der Waals surface area contributed by atoms with Crippen LogP contribution in [-0.2, 0) is 9.53 Å². The van der Waals surface area contributed by atoms with Crippen LogP contribution in [0.15, 0.2) is 30.0 Å². The molecule has 0 atom stereocenters. The van der Waals surface area contributed by atoms with Gasteiger partial charge < -0.3 is 4.74 Å². The Morgan fingerprint density at radius 1 is 1.32 bits per heavy atom. The number of hydrogen-bond acceptors (Lipinski definition) is 3. The first-order valence-electron chi connectivity index (χ1n) is 7.86. The topological polar surface area (TPSA) is 43.6 Å². The van der Waals surface area contributed by atoms with Gasteiger partial charge in [0, 0.05) is 12.1 Å². The minimum absolute atomic E-state index is 0.152. The Hall–Kier alpha value is -2.10. The van der Waals surface area contributed by atoms with E-state index in [4.69, 9.17) is 9.84 Å². The zero-order valence-electron chi connectivity index (χ0n) is 13.6. The van der Waals surface area contributed by atoms with Gasteiger partial charge in [-0.1, -0.05) is 19.9 Å². The van der Waals surface area contributed by atoms with Crippen LogP contribution in [0.5, 0.6) is 0 Å². The molecule has 116 valence electrons. The molecule has 0 unspecified atom stereocenters. The molecule has 1 fully saturated rings. The van der Waals surface area contributed by atoms with E-state index in [9.17, 15) is 4.79 Å². The molecule has 1 saturated carbocycles. The van der Waals surface area contributed by atoms with Crippen molar-refractivity contribution >= 4 is 17.2 Å². The van der Waals surface area contributed by atoms with E-state index in [1.54, 1.807) is 0 Å². The van der Waals surface area contributed by atoms with Crippen LogP contribution in [-0.4, -0.2) is 15.6 Å². The molecule has 4 heteroatoms. The number of carbonyl (C=O) groups excluding carboxylic acids is 1. The largest absolute Gasteiger partial charge is 0.426 e. The zero-order chi connectivity index (χ0) is 15.9. The van der Waals surface area contributed by atoms with Gasteiger partial charge in [-0.2, -0.15) is 5.10 Å². The van der Waals surface area contributed by atoms with Gasteiger partial charge in [-0.25, -0.2) is 4.52 Å². The molecule has 0 aliphatic heterocycles. The van der Waals surface area contributed by atoms with Gasteiger partial charge in [-0.3, -0.25) is 4.79 Å². The first-order valence-corrected chi connectivity index (χ1v) is 7.86. The highest BCUT2D eigenvalue weighted by atomic mass is 16.5. The second-order valence-electron chi connectivity index (χ2n) is 6.47. The third-order valence-corrected chi connectivity index (χ3v) is 3.89. The molecule has 22 heavy (non-hydrogen) atoms. The zero-order valence-corrected chi connectivity index (χ0v) is 13.6. The molecule has 0 N–H and O–H groups in total. The van der Waals surface area contributed by atoms with Crippen LogP contribution < -0.4 is 0 Å². The summed E-state index contributed by atoms with van der Waals surface area (Å²) in [4.78, 5) is 12.1. The Bertz CT molecular complexity index is 748. The fourth-order valence-corrected chi connectivity index (χ4v) is 2.51. The number of hydrogen-bond donors (Lipinski definition) is 0. The van der Waals surface area contributed by atoms with Crippen molar-refractivity contribution in [2.45, 2.75) is 46.5 Å². The van der Waals surface area contributed by atoms with Crippen LogP contribution in [0.25, 0.3) is 11.3 Å². The van der Waals surface area contributed by atoms with E-state index >= 15 is 0 Å². The summed E-state index contributed by atoms with van der Waals surface area (Å²) in [5, 5.41) is 4.72. The maximum absolute atomic E-state index is 12.1. The lowest BCUT2D eigenvalue weighted by molar-refractivity contribution is -0.140. The Kier molecular flexibility index (Phi) is 3.77. The van der Waals surface area contributed by atoms with Gasteiger partial charge in [-0.05, 0) is 44.4 Å². The number of fused-ring (bicyclic) bond motifs is 1. The number of pyridine rings is 1. The molecular weight excluding hydrogens is 276 g/mol. The normalized spacial score (nSPS) is 14.4. The number of aromatic nitrogens is 2. The third-order valence-electron chi connectivity index (χ3n) is 3.89.